The maximum Gasteiger partial charge on any atom is 0.251 e. The maximum atomic E-state index is 11.7. The fraction of sp³-hybridized carbons (Fsp3) is 0.167. The summed E-state index contributed by atoms with van der Waals surface area (Å²) in [5.41, 5.74) is 1.46. The van der Waals surface area contributed by atoms with Gasteiger partial charge < -0.3 is 5.32 Å². The standard InChI is InChI=1S/C12H11N3O/c1-2-3-6-13-12(16)9-4-5-10-8-14-15-11(10)7-9/h1,4-5,7-8H,3,6H2,(H,13,16)(H,14,15). The molecule has 0 saturated heterocycles. The third-order valence-corrected chi connectivity index (χ3v) is 2.26. The molecule has 4 heteroatoms. The van der Waals surface area contributed by atoms with Crippen molar-refractivity contribution in [3.63, 3.8) is 0 Å². The molecule has 1 amide bonds. The maximum absolute atomic E-state index is 11.7. The number of hydrogen-bond donors (Lipinski definition) is 2. The van der Waals surface area contributed by atoms with Crippen molar-refractivity contribution in [1.82, 2.24) is 15.5 Å². The van der Waals surface area contributed by atoms with Crippen molar-refractivity contribution < 1.29 is 4.79 Å². The molecule has 80 valence electrons. The van der Waals surface area contributed by atoms with Crippen LogP contribution in [0.5, 0.6) is 0 Å². The predicted octanol–water partition coefficient (Wildman–Crippen LogP) is 1.32. The summed E-state index contributed by atoms with van der Waals surface area (Å²) in [5.74, 6) is 2.35. The molecule has 1 aromatic heterocycles. The molecule has 0 aliphatic rings. The van der Waals surface area contributed by atoms with E-state index < -0.39 is 0 Å². The third kappa shape index (κ3) is 2.04. The van der Waals surface area contributed by atoms with E-state index in [0.717, 1.165) is 10.9 Å². The first kappa shape index (κ1) is 10.2. The Hall–Kier alpha value is -2.28. The normalized spacial score (nSPS) is 9.94. The molecule has 4 nitrogen and oxygen atoms in total. The van der Waals surface area contributed by atoms with E-state index in [9.17, 15) is 4.79 Å². The number of carbonyl (C=O) groups excluding carboxylic acids is 1. The summed E-state index contributed by atoms with van der Waals surface area (Å²) in [4.78, 5) is 11.7. The number of benzene rings is 1. The van der Waals surface area contributed by atoms with Gasteiger partial charge in [-0.3, -0.25) is 9.89 Å². The highest BCUT2D eigenvalue weighted by Gasteiger charge is 2.05. The van der Waals surface area contributed by atoms with E-state index in [4.69, 9.17) is 6.42 Å². The molecule has 2 aromatic rings. The highest BCUT2D eigenvalue weighted by atomic mass is 16.1. The number of fused-ring (bicyclic) bond motifs is 1. The van der Waals surface area contributed by atoms with Gasteiger partial charge in [0.15, 0.2) is 0 Å². The number of H-pyrrole nitrogens is 1. The summed E-state index contributed by atoms with van der Waals surface area (Å²) >= 11 is 0. The van der Waals surface area contributed by atoms with Crippen molar-refractivity contribution in [2.24, 2.45) is 0 Å². The van der Waals surface area contributed by atoms with Gasteiger partial charge in [0, 0.05) is 23.9 Å². The van der Waals surface area contributed by atoms with Gasteiger partial charge in [0.1, 0.15) is 0 Å². The lowest BCUT2D eigenvalue weighted by atomic mass is 10.1. The van der Waals surface area contributed by atoms with Crippen LogP contribution in [0.15, 0.2) is 24.4 Å². The molecule has 0 bridgehead atoms. The molecule has 0 aliphatic carbocycles. The van der Waals surface area contributed by atoms with Gasteiger partial charge in [-0.25, -0.2) is 0 Å². The van der Waals surface area contributed by atoms with Gasteiger partial charge in [-0.2, -0.15) is 5.10 Å². The van der Waals surface area contributed by atoms with E-state index in [1.54, 1.807) is 18.3 Å². The van der Waals surface area contributed by atoms with Crippen molar-refractivity contribution in [1.29, 1.82) is 0 Å². The van der Waals surface area contributed by atoms with Crippen molar-refractivity contribution >= 4 is 16.8 Å². The van der Waals surface area contributed by atoms with Gasteiger partial charge >= 0.3 is 0 Å². The SMILES string of the molecule is C#CCCNC(=O)c1ccc2cn[nH]c2c1. The number of rotatable bonds is 3. The fourth-order valence-corrected chi connectivity index (χ4v) is 1.43. The topological polar surface area (TPSA) is 57.8 Å². The van der Waals surface area contributed by atoms with Crippen LogP contribution in [0.1, 0.15) is 16.8 Å². The molecule has 1 heterocycles. The van der Waals surface area contributed by atoms with E-state index in [1.165, 1.54) is 0 Å². The first-order valence-electron chi connectivity index (χ1n) is 4.96. The Morgan fingerprint density at radius 1 is 1.56 bits per heavy atom. The number of hydrogen-bond acceptors (Lipinski definition) is 2. The van der Waals surface area contributed by atoms with E-state index in [1.807, 2.05) is 6.07 Å². The number of terminal acetylenes is 1. The summed E-state index contributed by atoms with van der Waals surface area (Å²) in [6, 6.07) is 5.39. The van der Waals surface area contributed by atoms with E-state index >= 15 is 0 Å². The molecular weight excluding hydrogens is 202 g/mol. The van der Waals surface area contributed by atoms with Crippen molar-refractivity contribution in [2.45, 2.75) is 6.42 Å². The van der Waals surface area contributed by atoms with E-state index in [2.05, 4.69) is 21.4 Å². The minimum absolute atomic E-state index is 0.119. The summed E-state index contributed by atoms with van der Waals surface area (Å²) < 4.78 is 0. The molecule has 0 radical (unpaired) electrons. The first-order chi connectivity index (χ1) is 7.81. The number of amides is 1. The van der Waals surface area contributed by atoms with Gasteiger partial charge in [0.25, 0.3) is 5.91 Å². The Morgan fingerprint density at radius 3 is 3.25 bits per heavy atom. The lowest BCUT2D eigenvalue weighted by Crippen LogP contribution is -2.24. The molecule has 0 saturated carbocycles. The highest BCUT2D eigenvalue weighted by molar-refractivity contribution is 5.97. The molecule has 0 fully saturated rings. The second-order valence-electron chi connectivity index (χ2n) is 3.38. The molecule has 1 aromatic carbocycles. The van der Waals surface area contributed by atoms with Crippen LogP contribution in [0, 0.1) is 12.3 Å². The van der Waals surface area contributed by atoms with Crippen LogP contribution in [0.3, 0.4) is 0 Å². The van der Waals surface area contributed by atoms with Gasteiger partial charge in [-0.15, -0.1) is 12.3 Å². The Kier molecular flexibility index (Phi) is 2.88. The average molecular weight is 213 g/mol. The number of nitrogens with one attached hydrogen (secondary N) is 2. The average Bonchev–Trinajstić information content (AvgIpc) is 2.76. The minimum Gasteiger partial charge on any atom is -0.351 e. The molecule has 0 atom stereocenters. The first-order valence-corrected chi connectivity index (χ1v) is 4.96. The smallest absolute Gasteiger partial charge is 0.251 e. The monoisotopic (exact) mass is 213 g/mol. The van der Waals surface area contributed by atoms with Crippen molar-refractivity contribution in [2.75, 3.05) is 6.54 Å². The van der Waals surface area contributed by atoms with Gasteiger partial charge in [-0.1, -0.05) is 6.07 Å². The third-order valence-electron chi connectivity index (χ3n) is 2.26. The molecule has 2 rings (SSSR count). The second-order valence-corrected chi connectivity index (χ2v) is 3.38. The van der Waals surface area contributed by atoms with Gasteiger partial charge in [0.2, 0.25) is 0 Å². The number of aromatic nitrogens is 2. The van der Waals surface area contributed by atoms with E-state index in [-0.39, 0.29) is 5.91 Å². The van der Waals surface area contributed by atoms with Crippen LogP contribution in [0.2, 0.25) is 0 Å². The number of carbonyl (C=O) groups is 1. The van der Waals surface area contributed by atoms with Crippen molar-refractivity contribution in [3.8, 4) is 12.3 Å². The van der Waals surface area contributed by atoms with E-state index in [0.29, 0.717) is 18.5 Å². The van der Waals surface area contributed by atoms with Gasteiger partial charge in [-0.05, 0) is 12.1 Å². The van der Waals surface area contributed by atoms with Crippen LogP contribution < -0.4 is 5.32 Å². The Bertz CT molecular complexity index is 551. The quantitative estimate of drug-likeness (QED) is 0.596. The predicted molar refractivity (Wildman–Crippen MR) is 61.9 cm³/mol. The lowest BCUT2D eigenvalue weighted by molar-refractivity contribution is 0.0954. The highest BCUT2D eigenvalue weighted by Crippen LogP contribution is 2.12. The summed E-state index contributed by atoms with van der Waals surface area (Å²) in [7, 11) is 0. The zero-order valence-corrected chi connectivity index (χ0v) is 8.66. The van der Waals surface area contributed by atoms with Gasteiger partial charge in [0.05, 0.1) is 11.7 Å². The zero-order chi connectivity index (χ0) is 11.4. The molecule has 2 N–H and O–H groups in total. The summed E-state index contributed by atoms with van der Waals surface area (Å²) in [5, 5.41) is 10.4. The number of nitrogens with zero attached hydrogens (tertiary/aromatic N) is 1. The molecule has 16 heavy (non-hydrogen) atoms. The van der Waals surface area contributed by atoms with Crippen LogP contribution in [0.4, 0.5) is 0 Å². The number of aromatic amines is 1. The minimum atomic E-state index is -0.119. The summed E-state index contributed by atoms with van der Waals surface area (Å²) in [6.07, 6.45) is 7.36. The second kappa shape index (κ2) is 4.49. The Labute approximate surface area is 93.0 Å². The Morgan fingerprint density at radius 2 is 2.44 bits per heavy atom. The largest absolute Gasteiger partial charge is 0.351 e. The van der Waals surface area contributed by atoms with Crippen molar-refractivity contribution in [3.05, 3.63) is 30.0 Å². The molecule has 0 unspecified atom stereocenters. The van der Waals surface area contributed by atoms with Crippen LogP contribution in [-0.2, 0) is 0 Å². The van der Waals surface area contributed by atoms with Crippen LogP contribution in [-0.4, -0.2) is 22.6 Å². The van der Waals surface area contributed by atoms with Crippen LogP contribution >= 0.6 is 0 Å². The molecule has 0 spiro atoms. The Balaban J connectivity index is 2.13. The van der Waals surface area contributed by atoms with Crippen LogP contribution in [0.25, 0.3) is 10.9 Å². The summed E-state index contributed by atoms with van der Waals surface area (Å²) in [6.45, 7) is 0.496. The molecular formula is C12H11N3O. The molecule has 0 aliphatic heterocycles. The fourth-order valence-electron chi connectivity index (χ4n) is 1.43. The lowest BCUT2D eigenvalue weighted by Gasteiger charge is -2.02. The zero-order valence-electron chi connectivity index (χ0n) is 8.66.